The summed E-state index contributed by atoms with van der Waals surface area (Å²) in [5, 5.41) is 26.3. The van der Waals surface area contributed by atoms with Crippen molar-refractivity contribution in [2.24, 2.45) is 0 Å². The lowest BCUT2D eigenvalue weighted by atomic mass is 10.0. The van der Waals surface area contributed by atoms with E-state index in [0.717, 1.165) is 0 Å². The Kier molecular flexibility index (Phi) is 5.20. The highest BCUT2D eigenvalue weighted by Gasteiger charge is 2.26. The van der Waals surface area contributed by atoms with Gasteiger partial charge in [-0.25, -0.2) is 4.79 Å². The van der Waals surface area contributed by atoms with E-state index in [-0.39, 0.29) is 12.2 Å². The Hall–Kier alpha value is -2.87. The van der Waals surface area contributed by atoms with E-state index in [0.29, 0.717) is 23.4 Å². The molecule has 128 valence electrons. The van der Waals surface area contributed by atoms with Gasteiger partial charge in [0, 0.05) is 17.3 Å². The van der Waals surface area contributed by atoms with Crippen LogP contribution in [0.5, 0.6) is 0 Å². The molecule has 0 radical (unpaired) electrons. The summed E-state index contributed by atoms with van der Waals surface area (Å²) in [7, 11) is 0. The minimum atomic E-state index is -1.36. The quantitative estimate of drug-likeness (QED) is 0.555. The van der Waals surface area contributed by atoms with E-state index in [1.807, 2.05) is 6.92 Å². The van der Waals surface area contributed by atoms with Gasteiger partial charge in [-0.1, -0.05) is 13.0 Å². The van der Waals surface area contributed by atoms with Crippen molar-refractivity contribution in [3.8, 4) is 0 Å². The molecule has 0 aliphatic heterocycles. The smallest absolute Gasteiger partial charge is 0.319 e. The highest BCUT2D eigenvalue weighted by atomic mass is 16.6. The monoisotopic (exact) mass is 333 g/mol. The summed E-state index contributed by atoms with van der Waals surface area (Å²) in [5.41, 5.74) is -0.516. The SMILES string of the molecule is CCc1ccc(NC(=O)NC[C@@](C)(O)c2ccco2)cc1[N+](=O)[O-]. The van der Waals surface area contributed by atoms with Crippen LogP contribution >= 0.6 is 0 Å². The van der Waals surface area contributed by atoms with Gasteiger partial charge in [-0.2, -0.15) is 0 Å². The zero-order chi connectivity index (χ0) is 17.7. The van der Waals surface area contributed by atoms with Crippen LogP contribution in [0.3, 0.4) is 0 Å². The number of nitrogens with zero attached hydrogens (tertiary/aromatic N) is 1. The third-order valence-electron chi connectivity index (χ3n) is 3.57. The minimum absolute atomic E-state index is 0.0436. The first kappa shape index (κ1) is 17.5. The zero-order valence-corrected chi connectivity index (χ0v) is 13.4. The molecule has 2 aromatic rings. The number of aryl methyl sites for hydroxylation is 1. The molecule has 1 aromatic carbocycles. The number of benzene rings is 1. The number of aliphatic hydroxyl groups is 1. The van der Waals surface area contributed by atoms with Crippen molar-refractivity contribution in [3.63, 3.8) is 0 Å². The van der Waals surface area contributed by atoms with Crippen molar-refractivity contribution in [2.45, 2.75) is 25.9 Å². The molecule has 0 saturated carbocycles. The molecule has 1 aromatic heterocycles. The first-order valence-corrected chi connectivity index (χ1v) is 7.42. The Bertz CT molecular complexity index is 725. The number of nitrogens with one attached hydrogen (secondary N) is 2. The molecule has 8 nitrogen and oxygen atoms in total. The first-order valence-electron chi connectivity index (χ1n) is 7.42. The fraction of sp³-hybridized carbons (Fsp3) is 0.312. The second-order valence-corrected chi connectivity index (χ2v) is 5.51. The number of anilines is 1. The molecule has 0 aliphatic rings. The first-order chi connectivity index (χ1) is 11.3. The predicted octanol–water partition coefficient (Wildman–Crippen LogP) is 2.78. The summed E-state index contributed by atoms with van der Waals surface area (Å²) >= 11 is 0. The number of carbonyl (C=O) groups is 1. The van der Waals surface area contributed by atoms with Crippen LogP contribution in [0.25, 0.3) is 0 Å². The maximum absolute atomic E-state index is 11.9. The molecule has 0 bridgehead atoms. The minimum Gasteiger partial charge on any atom is -0.466 e. The standard InChI is InChI=1S/C16H19N3O5/c1-3-11-6-7-12(9-13(11)19(22)23)18-15(20)17-10-16(2,21)14-5-4-8-24-14/h4-9,21H,3,10H2,1-2H3,(H2,17,18,20)/t16-/m1/s1. The van der Waals surface area contributed by atoms with Crippen molar-refractivity contribution in [3.05, 3.63) is 58.0 Å². The Morgan fingerprint density at radius 3 is 2.75 bits per heavy atom. The fourth-order valence-corrected chi connectivity index (χ4v) is 2.21. The van der Waals surface area contributed by atoms with E-state index in [9.17, 15) is 20.0 Å². The van der Waals surface area contributed by atoms with E-state index in [4.69, 9.17) is 4.42 Å². The second kappa shape index (κ2) is 7.14. The van der Waals surface area contributed by atoms with Crippen LogP contribution in [-0.2, 0) is 12.0 Å². The zero-order valence-electron chi connectivity index (χ0n) is 13.4. The largest absolute Gasteiger partial charge is 0.466 e. The average molecular weight is 333 g/mol. The number of rotatable bonds is 6. The predicted molar refractivity (Wildman–Crippen MR) is 87.8 cm³/mol. The normalized spacial score (nSPS) is 13.1. The summed E-state index contributed by atoms with van der Waals surface area (Å²) < 4.78 is 5.12. The van der Waals surface area contributed by atoms with Gasteiger partial charge in [-0.05, 0) is 31.5 Å². The third-order valence-corrected chi connectivity index (χ3v) is 3.57. The van der Waals surface area contributed by atoms with Gasteiger partial charge in [0.25, 0.3) is 5.69 Å². The summed E-state index contributed by atoms with van der Waals surface area (Å²) in [6.45, 7) is 3.24. The molecule has 24 heavy (non-hydrogen) atoms. The van der Waals surface area contributed by atoms with Gasteiger partial charge in [0.15, 0.2) is 0 Å². The Balaban J connectivity index is 2.00. The molecular formula is C16H19N3O5. The van der Waals surface area contributed by atoms with Crippen molar-refractivity contribution in [1.29, 1.82) is 0 Å². The number of amides is 2. The van der Waals surface area contributed by atoms with Gasteiger partial charge in [0.1, 0.15) is 11.4 Å². The van der Waals surface area contributed by atoms with Crippen molar-refractivity contribution >= 4 is 17.4 Å². The van der Waals surface area contributed by atoms with Crippen molar-refractivity contribution in [1.82, 2.24) is 5.32 Å². The lowest BCUT2D eigenvalue weighted by molar-refractivity contribution is -0.385. The van der Waals surface area contributed by atoms with E-state index in [2.05, 4.69) is 10.6 Å². The molecule has 0 aliphatic carbocycles. The molecule has 2 rings (SSSR count). The number of furan rings is 1. The molecular weight excluding hydrogens is 314 g/mol. The van der Waals surface area contributed by atoms with Gasteiger partial charge in [0.2, 0.25) is 0 Å². The molecule has 3 N–H and O–H groups in total. The number of nitro groups is 1. The molecule has 8 heteroatoms. The summed E-state index contributed by atoms with van der Waals surface area (Å²) in [4.78, 5) is 22.5. The van der Waals surface area contributed by atoms with E-state index < -0.39 is 16.6 Å². The lowest BCUT2D eigenvalue weighted by Gasteiger charge is -2.21. The maximum atomic E-state index is 11.9. The van der Waals surface area contributed by atoms with Gasteiger partial charge in [-0.15, -0.1) is 0 Å². The summed E-state index contributed by atoms with van der Waals surface area (Å²) in [5.74, 6) is 0.325. The fourth-order valence-electron chi connectivity index (χ4n) is 2.21. The van der Waals surface area contributed by atoms with Crippen LogP contribution in [0.1, 0.15) is 25.2 Å². The number of carbonyl (C=O) groups excluding carboxylic acids is 1. The summed E-state index contributed by atoms with van der Waals surface area (Å²) in [6, 6.07) is 7.16. The van der Waals surface area contributed by atoms with E-state index in [1.165, 1.54) is 19.3 Å². The molecule has 2 amide bonds. The molecule has 1 atom stereocenters. The number of nitro benzene ring substituents is 1. The van der Waals surface area contributed by atoms with Gasteiger partial charge >= 0.3 is 6.03 Å². The lowest BCUT2D eigenvalue weighted by Crippen LogP contribution is -2.40. The molecule has 0 saturated heterocycles. The number of hydrogen-bond donors (Lipinski definition) is 3. The second-order valence-electron chi connectivity index (χ2n) is 5.51. The molecule has 1 heterocycles. The Morgan fingerprint density at radius 2 is 2.17 bits per heavy atom. The van der Waals surface area contributed by atoms with Crippen LogP contribution in [0.4, 0.5) is 16.2 Å². The molecule has 0 fully saturated rings. The van der Waals surface area contributed by atoms with E-state index >= 15 is 0 Å². The van der Waals surface area contributed by atoms with Crippen LogP contribution < -0.4 is 10.6 Å². The Morgan fingerprint density at radius 1 is 1.42 bits per heavy atom. The van der Waals surface area contributed by atoms with Gasteiger partial charge in [-0.3, -0.25) is 10.1 Å². The summed E-state index contributed by atoms with van der Waals surface area (Å²) in [6.07, 6.45) is 1.95. The third kappa shape index (κ3) is 4.11. The Labute approximate surface area is 138 Å². The van der Waals surface area contributed by atoms with Gasteiger partial charge in [0.05, 0.1) is 17.7 Å². The highest BCUT2D eigenvalue weighted by Crippen LogP contribution is 2.24. The van der Waals surface area contributed by atoms with Crippen molar-refractivity contribution in [2.75, 3.05) is 11.9 Å². The van der Waals surface area contributed by atoms with Crippen LogP contribution in [0.2, 0.25) is 0 Å². The van der Waals surface area contributed by atoms with E-state index in [1.54, 1.807) is 24.3 Å². The number of hydrogen-bond acceptors (Lipinski definition) is 5. The maximum Gasteiger partial charge on any atom is 0.319 e. The topological polar surface area (TPSA) is 118 Å². The average Bonchev–Trinajstić information content (AvgIpc) is 3.08. The van der Waals surface area contributed by atoms with Gasteiger partial charge < -0.3 is 20.2 Å². The van der Waals surface area contributed by atoms with Crippen LogP contribution in [-0.4, -0.2) is 22.6 Å². The van der Waals surface area contributed by atoms with Crippen LogP contribution in [0, 0.1) is 10.1 Å². The number of urea groups is 1. The molecule has 0 spiro atoms. The highest BCUT2D eigenvalue weighted by molar-refractivity contribution is 5.89. The van der Waals surface area contributed by atoms with Crippen molar-refractivity contribution < 1.29 is 19.2 Å². The molecule has 0 unspecified atom stereocenters. The van der Waals surface area contributed by atoms with Crippen LogP contribution in [0.15, 0.2) is 41.0 Å².